The van der Waals surface area contributed by atoms with Crippen molar-refractivity contribution in [2.45, 2.75) is 78.3 Å². The molecule has 0 spiro atoms. The summed E-state index contributed by atoms with van der Waals surface area (Å²) in [4.78, 5) is 0. The van der Waals surface area contributed by atoms with Gasteiger partial charge in [-0.15, -0.1) is 0 Å². The molecule has 0 aliphatic rings. The van der Waals surface area contributed by atoms with Gasteiger partial charge in [0.1, 0.15) is 0 Å². The van der Waals surface area contributed by atoms with E-state index in [0.717, 1.165) is 19.3 Å². The number of unbranched alkanes of at least 4 members (excludes halogenated alkanes) is 4. The van der Waals surface area contributed by atoms with Crippen molar-refractivity contribution < 1.29 is 13.6 Å². The maximum absolute atomic E-state index is 12.6. The predicted octanol–water partition coefficient (Wildman–Crippen LogP) is 5.39. The molecule has 0 saturated carbocycles. The molecule has 0 aromatic carbocycles. The topological polar surface area (TPSA) is 35.5 Å². The van der Waals surface area contributed by atoms with Gasteiger partial charge in [-0.2, -0.15) is 0 Å². The maximum atomic E-state index is 12.6. The van der Waals surface area contributed by atoms with E-state index in [9.17, 15) is 4.57 Å². The lowest BCUT2D eigenvalue weighted by atomic mass is 10.1. The highest BCUT2D eigenvalue weighted by Gasteiger charge is 2.33. The second kappa shape index (κ2) is 11.0. The molecule has 4 heteroatoms. The summed E-state index contributed by atoms with van der Waals surface area (Å²) in [5, 5.41) is 0. The van der Waals surface area contributed by atoms with Gasteiger partial charge < -0.3 is 9.05 Å². The highest BCUT2D eigenvalue weighted by atomic mass is 31.2. The first-order valence-corrected chi connectivity index (χ1v) is 9.14. The quantitative estimate of drug-likeness (QED) is 0.354. The Labute approximate surface area is 113 Å². The molecule has 3 nitrogen and oxygen atoms in total. The third-order valence-electron chi connectivity index (χ3n) is 3.18. The highest BCUT2D eigenvalue weighted by Crippen LogP contribution is 2.55. The lowest BCUT2D eigenvalue weighted by Gasteiger charge is -2.25. The Hall–Kier alpha value is 0.150. The summed E-state index contributed by atoms with van der Waals surface area (Å²) in [6.07, 6.45) is 8.01. The number of rotatable bonds is 12. The molecule has 0 radical (unpaired) electrons. The van der Waals surface area contributed by atoms with Gasteiger partial charge in [0.15, 0.2) is 0 Å². The summed E-state index contributed by atoms with van der Waals surface area (Å²) in [7, 11) is -2.89. The highest BCUT2D eigenvalue weighted by molar-refractivity contribution is 7.54. The Morgan fingerprint density at radius 2 is 1.44 bits per heavy atom. The minimum Gasteiger partial charge on any atom is -0.309 e. The van der Waals surface area contributed by atoms with Crippen LogP contribution in [0.1, 0.15) is 72.6 Å². The van der Waals surface area contributed by atoms with Gasteiger partial charge in [0.25, 0.3) is 0 Å². The van der Waals surface area contributed by atoms with E-state index >= 15 is 0 Å². The van der Waals surface area contributed by atoms with Crippen LogP contribution in [-0.2, 0) is 13.6 Å². The van der Waals surface area contributed by atoms with Crippen molar-refractivity contribution in [2.24, 2.45) is 0 Å². The van der Waals surface area contributed by atoms with Gasteiger partial charge in [-0.25, -0.2) is 0 Å². The van der Waals surface area contributed by atoms with Crippen LogP contribution in [0.4, 0.5) is 0 Å². The summed E-state index contributed by atoms with van der Waals surface area (Å²) in [6, 6.07) is 0. The molecule has 18 heavy (non-hydrogen) atoms. The van der Waals surface area contributed by atoms with Crippen LogP contribution in [-0.4, -0.2) is 18.9 Å². The van der Waals surface area contributed by atoms with E-state index in [1.54, 1.807) is 0 Å². The van der Waals surface area contributed by atoms with Crippen LogP contribution >= 0.6 is 7.60 Å². The van der Waals surface area contributed by atoms with E-state index in [1.807, 2.05) is 13.8 Å². The van der Waals surface area contributed by atoms with Crippen molar-refractivity contribution >= 4 is 7.60 Å². The van der Waals surface area contributed by atoms with Crippen LogP contribution < -0.4 is 0 Å². The Kier molecular flexibility index (Phi) is 11.1. The fourth-order valence-electron chi connectivity index (χ4n) is 2.18. The minimum absolute atomic E-state index is 0.0685. The molecule has 1 atom stereocenters. The van der Waals surface area contributed by atoms with Crippen molar-refractivity contribution in [3.05, 3.63) is 0 Å². The fraction of sp³-hybridized carbons (Fsp3) is 1.00. The van der Waals surface area contributed by atoms with Gasteiger partial charge >= 0.3 is 7.60 Å². The van der Waals surface area contributed by atoms with E-state index in [0.29, 0.717) is 13.2 Å². The molecule has 0 rings (SSSR count). The first-order chi connectivity index (χ1) is 8.64. The minimum atomic E-state index is -2.89. The summed E-state index contributed by atoms with van der Waals surface area (Å²) >= 11 is 0. The zero-order chi connectivity index (χ0) is 13.9. The van der Waals surface area contributed by atoms with Crippen LogP contribution in [0.3, 0.4) is 0 Å². The van der Waals surface area contributed by atoms with Gasteiger partial charge in [0.05, 0.1) is 18.9 Å². The molecule has 0 N–H and O–H groups in total. The second-order valence-corrected chi connectivity index (χ2v) is 6.97. The normalized spacial score (nSPS) is 13.8. The Balaban J connectivity index is 4.20. The zero-order valence-corrected chi connectivity index (χ0v) is 13.5. The Morgan fingerprint density at radius 1 is 0.889 bits per heavy atom. The van der Waals surface area contributed by atoms with Crippen molar-refractivity contribution in [3.63, 3.8) is 0 Å². The summed E-state index contributed by atoms with van der Waals surface area (Å²) in [6.45, 7) is 8.96. The number of hydrogen-bond acceptors (Lipinski definition) is 3. The molecule has 0 heterocycles. The van der Waals surface area contributed by atoms with Crippen LogP contribution in [0.15, 0.2) is 0 Å². The van der Waals surface area contributed by atoms with E-state index in [4.69, 9.17) is 9.05 Å². The molecule has 0 aliphatic carbocycles. The number of hydrogen-bond donors (Lipinski definition) is 0. The standard InChI is InChI=1S/C14H31O3P/c1-5-9-10-11-12-13-14(6-2)18(15,16-7-3)17-8-4/h14H,5-13H2,1-4H3. The van der Waals surface area contributed by atoms with Gasteiger partial charge in [-0.3, -0.25) is 4.57 Å². The molecule has 0 aromatic rings. The molecule has 0 amide bonds. The predicted molar refractivity (Wildman–Crippen MR) is 78.3 cm³/mol. The average Bonchev–Trinajstić information content (AvgIpc) is 2.34. The second-order valence-electron chi connectivity index (χ2n) is 4.64. The van der Waals surface area contributed by atoms with Crippen molar-refractivity contribution in [3.8, 4) is 0 Å². The van der Waals surface area contributed by atoms with Gasteiger partial charge in [-0.05, 0) is 26.7 Å². The molecular weight excluding hydrogens is 247 g/mol. The summed E-state index contributed by atoms with van der Waals surface area (Å²) < 4.78 is 23.5. The maximum Gasteiger partial charge on any atom is 0.333 e. The van der Waals surface area contributed by atoms with Crippen molar-refractivity contribution in [1.82, 2.24) is 0 Å². The molecule has 0 saturated heterocycles. The van der Waals surface area contributed by atoms with Crippen LogP contribution in [0.5, 0.6) is 0 Å². The van der Waals surface area contributed by atoms with E-state index in [2.05, 4.69) is 13.8 Å². The van der Waals surface area contributed by atoms with Gasteiger partial charge in [-0.1, -0.05) is 46.0 Å². The van der Waals surface area contributed by atoms with Gasteiger partial charge in [0.2, 0.25) is 0 Å². The molecule has 0 bridgehead atoms. The largest absolute Gasteiger partial charge is 0.333 e. The molecule has 1 unspecified atom stereocenters. The van der Waals surface area contributed by atoms with Crippen LogP contribution in [0.2, 0.25) is 0 Å². The fourth-order valence-corrected chi connectivity index (χ4v) is 4.34. The average molecular weight is 278 g/mol. The zero-order valence-electron chi connectivity index (χ0n) is 12.6. The third kappa shape index (κ3) is 6.92. The van der Waals surface area contributed by atoms with E-state index < -0.39 is 7.60 Å². The van der Waals surface area contributed by atoms with Crippen molar-refractivity contribution in [2.75, 3.05) is 13.2 Å². The molecule has 0 fully saturated rings. The van der Waals surface area contributed by atoms with Crippen LogP contribution in [0, 0.1) is 0 Å². The summed E-state index contributed by atoms with van der Waals surface area (Å²) in [5.41, 5.74) is 0.0685. The lowest BCUT2D eigenvalue weighted by Crippen LogP contribution is -2.12. The lowest BCUT2D eigenvalue weighted by molar-refractivity contribution is 0.209. The van der Waals surface area contributed by atoms with E-state index in [1.165, 1.54) is 25.7 Å². The Morgan fingerprint density at radius 3 is 1.89 bits per heavy atom. The monoisotopic (exact) mass is 278 g/mol. The van der Waals surface area contributed by atoms with E-state index in [-0.39, 0.29) is 5.66 Å². The molecule has 0 aliphatic heterocycles. The van der Waals surface area contributed by atoms with Crippen LogP contribution in [0.25, 0.3) is 0 Å². The third-order valence-corrected chi connectivity index (χ3v) is 5.93. The Bertz CT molecular complexity index is 221. The first kappa shape index (κ1) is 18.1. The SMILES string of the molecule is CCCCCCCC(CC)P(=O)(OCC)OCC. The summed E-state index contributed by atoms with van der Waals surface area (Å²) in [5.74, 6) is 0. The molecule has 110 valence electrons. The first-order valence-electron chi connectivity index (χ1n) is 7.53. The van der Waals surface area contributed by atoms with Gasteiger partial charge in [0, 0.05) is 0 Å². The smallest absolute Gasteiger partial charge is 0.309 e. The molecule has 0 aromatic heterocycles. The van der Waals surface area contributed by atoms with Crippen molar-refractivity contribution in [1.29, 1.82) is 0 Å². The molecular formula is C14H31O3P.